The van der Waals surface area contributed by atoms with Crippen molar-refractivity contribution < 1.29 is 9.59 Å². The van der Waals surface area contributed by atoms with E-state index in [1.807, 2.05) is 13.0 Å². The lowest BCUT2D eigenvalue weighted by Gasteiger charge is -2.10. The van der Waals surface area contributed by atoms with Gasteiger partial charge >= 0.3 is 0 Å². The molecule has 2 N–H and O–H groups in total. The molecule has 0 aliphatic heterocycles. The van der Waals surface area contributed by atoms with Crippen LogP contribution < -0.4 is 10.6 Å². The number of rotatable bonds is 4. The summed E-state index contributed by atoms with van der Waals surface area (Å²) in [5.41, 5.74) is 4.16. The summed E-state index contributed by atoms with van der Waals surface area (Å²) >= 11 is 6.09. The molecule has 2 aromatic carbocycles. The van der Waals surface area contributed by atoms with Gasteiger partial charge in [0.1, 0.15) is 0 Å². The third kappa shape index (κ3) is 4.51. The zero-order valence-electron chi connectivity index (χ0n) is 14.9. The van der Waals surface area contributed by atoms with E-state index in [4.69, 9.17) is 11.6 Å². The standard InChI is InChI=1S/C21H18ClN3O2/c1-13-5-10-17(12-18(13)22)25-21(27)16-8-6-15(7-9-16)20-19(24-14(2)26)4-3-11-23-20/h3-12H,1-2H3,(H,24,26)(H,25,27). The number of carbonyl (C=O) groups excluding carboxylic acids is 2. The average Bonchev–Trinajstić information content (AvgIpc) is 2.65. The molecule has 136 valence electrons. The van der Waals surface area contributed by atoms with Gasteiger partial charge in [0, 0.05) is 35.0 Å². The number of anilines is 2. The number of benzene rings is 2. The van der Waals surface area contributed by atoms with Gasteiger partial charge in [0.2, 0.25) is 5.91 Å². The van der Waals surface area contributed by atoms with E-state index in [2.05, 4.69) is 15.6 Å². The van der Waals surface area contributed by atoms with Crippen molar-refractivity contribution in [3.05, 3.63) is 76.9 Å². The molecule has 3 aromatic rings. The van der Waals surface area contributed by atoms with Gasteiger partial charge < -0.3 is 10.6 Å². The maximum Gasteiger partial charge on any atom is 0.255 e. The van der Waals surface area contributed by atoms with Gasteiger partial charge in [-0.1, -0.05) is 29.8 Å². The summed E-state index contributed by atoms with van der Waals surface area (Å²) in [7, 11) is 0. The predicted molar refractivity (Wildman–Crippen MR) is 108 cm³/mol. The van der Waals surface area contributed by atoms with Gasteiger partial charge in [-0.05, 0) is 48.9 Å². The second kappa shape index (κ2) is 8.01. The van der Waals surface area contributed by atoms with E-state index in [1.165, 1.54) is 6.92 Å². The molecule has 3 rings (SSSR count). The molecule has 1 aromatic heterocycles. The molecule has 5 nitrogen and oxygen atoms in total. The van der Waals surface area contributed by atoms with Gasteiger partial charge in [-0.3, -0.25) is 14.6 Å². The van der Waals surface area contributed by atoms with E-state index in [1.54, 1.807) is 54.7 Å². The first-order valence-corrected chi connectivity index (χ1v) is 8.72. The Labute approximate surface area is 162 Å². The number of hydrogen-bond donors (Lipinski definition) is 2. The molecule has 27 heavy (non-hydrogen) atoms. The Morgan fingerprint density at radius 1 is 1.00 bits per heavy atom. The zero-order chi connectivity index (χ0) is 19.4. The van der Waals surface area contributed by atoms with Crippen molar-refractivity contribution in [2.24, 2.45) is 0 Å². The fourth-order valence-corrected chi connectivity index (χ4v) is 2.76. The molecule has 0 saturated carbocycles. The van der Waals surface area contributed by atoms with Crippen LogP contribution in [0.4, 0.5) is 11.4 Å². The Bertz CT molecular complexity index is 1000. The minimum absolute atomic E-state index is 0.169. The molecule has 0 saturated heterocycles. The van der Waals surface area contributed by atoms with E-state index in [9.17, 15) is 9.59 Å². The molecule has 0 aliphatic rings. The molecular formula is C21H18ClN3O2. The highest BCUT2D eigenvalue weighted by Gasteiger charge is 2.10. The zero-order valence-corrected chi connectivity index (χ0v) is 15.7. The van der Waals surface area contributed by atoms with Crippen LogP contribution in [0.5, 0.6) is 0 Å². The van der Waals surface area contributed by atoms with E-state index in [0.29, 0.717) is 27.7 Å². The number of aromatic nitrogens is 1. The van der Waals surface area contributed by atoms with Crippen LogP contribution in [0.3, 0.4) is 0 Å². The third-order valence-corrected chi connectivity index (χ3v) is 4.38. The lowest BCUT2D eigenvalue weighted by Crippen LogP contribution is -2.12. The van der Waals surface area contributed by atoms with Gasteiger partial charge in [0.15, 0.2) is 0 Å². The summed E-state index contributed by atoms with van der Waals surface area (Å²) in [6.07, 6.45) is 1.66. The first kappa shape index (κ1) is 18.6. The van der Waals surface area contributed by atoms with Crippen molar-refractivity contribution in [3.8, 4) is 11.3 Å². The lowest BCUT2D eigenvalue weighted by atomic mass is 10.1. The number of nitrogens with zero attached hydrogens (tertiary/aromatic N) is 1. The molecule has 0 bridgehead atoms. The van der Waals surface area contributed by atoms with Gasteiger partial charge in [-0.15, -0.1) is 0 Å². The number of carbonyl (C=O) groups is 2. The molecule has 1 heterocycles. The summed E-state index contributed by atoms with van der Waals surface area (Å²) in [5, 5.41) is 6.19. The Hall–Kier alpha value is -3.18. The largest absolute Gasteiger partial charge is 0.324 e. The predicted octanol–water partition coefficient (Wildman–Crippen LogP) is 4.92. The highest BCUT2D eigenvalue weighted by atomic mass is 35.5. The Balaban J connectivity index is 1.80. The molecule has 0 radical (unpaired) electrons. The lowest BCUT2D eigenvalue weighted by molar-refractivity contribution is -0.114. The summed E-state index contributed by atoms with van der Waals surface area (Å²) in [4.78, 5) is 28.1. The maximum atomic E-state index is 12.4. The van der Waals surface area contributed by atoms with Crippen molar-refractivity contribution in [1.82, 2.24) is 4.98 Å². The summed E-state index contributed by atoms with van der Waals surface area (Å²) < 4.78 is 0. The number of nitrogens with one attached hydrogen (secondary N) is 2. The first-order chi connectivity index (χ1) is 12.9. The number of hydrogen-bond acceptors (Lipinski definition) is 3. The van der Waals surface area contributed by atoms with Gasteiger partial charge in [-0.2, -0.15) is 0 Å². The smallest absolute Gasteiger partial charge is 0.255 e. The van der Waals surface area contributed by atoms with E-state index >= 15 is 0 Å². The van der Waals surface area contributed by atoms with Gasteiger partial charge in [0.05, 0.1) is 11.4 Å². The second-order valence-electron chi connectivity index (χ2n) is 6.08. The third-order valence-electron chi connectivity index (χ3n) is 3.97. The normalized spacial score (nSPS) is 10.3. The van der Waals surface area contributed by atoms with Crippen molar-refractivity contribution in [2.75, 3.05) is 10.6 Å². The second-order valence-corrected chi connectivity index (χ2v) is 6.48. The molecule has 0 atom stereocenters. The molecular weight excluding hydrogens is 362 g/mol. The minimum Gasteiger partial charge on any atom is -0.324 e. The van der Waals surface area contributed by atoms with Crippen LogP contribution in [-0.4, -0.2) is 16.8 Å². The fraction of sp³-hybridized carbons (Fsp3) is 0.0952. The monoisotopic (exact) mass is 379 g/mol. The first-order valence-electron chi connectivity index (χ1n) is 8.34. The highest BCUT2D eigenvalue weighted by molar-refractivity contribution is 6.31. The number of pyridine rings is 1. The minimum atomic E-state index is -0.232. The van der Waals surface area contributed by atoms with Crippen molar-refractivity contribution in [2.45, 2.75) is 13.8 Å². The van der Waals surface area contributed by atoms with Crippen LogP contribution >= 0.6 is 11.6 Å². The highest BCUT2D eigenvalue weighted by Crippen LogP contribution is 2.26. The number of halogens is 1. The van der Waals surface area contributed by atoms with E-state index in [-0.39, 0.29) is 11.8 Å². The number of aryl methyl sites for hydroxylation is 1. The van der Waals surface area contributed by atoms with E-state index < -0.39 is 0 Å². The molecule has 2 amide bonds. The summed E-state index contributed by atoms with van der Waals surface area (Å²) in [6.45, 7) is 3.35. The Morgan fingerprint density at radius 3 is 2.41 bits per heavy atom. The summed E-state index contributed by atoms with van der Waals surface area (Å²) in [6, 6.07) is 15.9. The van der Waals surface area contributed by atoms with Crippen LogP contribution in [0.25, 0.3) is 11.3 Å². The molecule has 0 aliphatic carbocycles. The van der Waals surface area contributed by atoms with Crippen LogP contribution in [0.15, 0.2) is 60.8 Å². The van der Waals surface area contributed by atoms with Crippen LogP contribution in [0.1, 0.15) is 22.8 Å². The van der Waals surface area contributed by atoms with Crippen LogP contribution in [0.2, 0.25) is 5.02 Å². The van der Waals surface area contributed by atoms with Crippen molar-refractivity contribution in [3.63, 3.8) is 0 Å². The Kier molecular flexibility index (Phi) is 5.52. The molecule has 0 spiro atoms. The maximum absolute atomic E-state index is 12.4. The topological polar surface area (TPSA) is 71.1 Å². The van der Waals surface area contributed by atoms with Crippen LogP contribution in [-0.2, 0) is 4.79 Å². The van der Waals surface area contributed by atoms with E-state index in [0.717, 1.165) is 11.1 Å². The van der Waals surface area contributed by atoms with Crippen LogP contribution in [0, 0.1) is 6.92 Å². The van der Waals surface area contributed by atoms with Gasteiger partial charge in [-0.25, -0.2) is 0 Å². The number of amides is 2. The SMILES string of the molecule is CC(=O)Nc1cccnc1-c1ccc(C(=O)Nc2ccc(C)c(Cl)c2)cc1. The Morgan fingerprint density at radius 2 is 1.74 bits per heavy atom. The van der Waals surface area contributed by atoms with Crippen molar-refractivity contribution in [1.29, 1.82) is 0 Å². The summed E-state index contributed by atoms with van der Waals surface area (Å²) in [5.74, 6) is -0.401. The average molecular weight is 380 g/mol. The molecule has 0 unspecified atom stereocenters. The van der Waals surface area contributed by atoms with Crippen molar-refractivity contribution >= 4 is 34.8 Å². The molecule has 6 heteroatoms. The van der Waals surface area contributed by atoms with Gasteiger partial charge in [0.25, 0.3) is 5.91 Å². The molecule has 0 fully saturated rings. The quantitative estimate of drug-likeness (QED) is 0.675. The fourth-order valence-electron chi connectivity index (χ4n) is 2.58.